The zero-order chi connectivity index (χ0) is 27.4. The van der Waals surface area contributed by atoms with Crippen molar-refractivity contribution in [1.29, 1.82) is 0 Å². The van der Waals surface area contributed by atoms with E-state index in [9.17, 15) is 24.3 Å². The molecule has 2 amide bonds. The molecule has 1 saturated heterocycles. The lowest BCUT2D eigenvalue weighted by molar-refractivity contribution is -0.687. The minimum atomic E-state index is -1.27. The Morgan fingerprint density at radius 2 is 2.05 bits per heavy atom. The molecule has 2 aliphatic rings. The average molecular weight is 561 g/mol. The van der Waals surface area contributed by atoms with Crippen LogP contribution in [0.15, 0.2) is 53.1 Å². The van der Waals surface area contributed by atoms with E-state index in [1.807, 2.05) is 0 Å². The van der Waals surface area contributed by atoms with E-state index in [1.165, 1.54) is 23.9 Å². The van der Waals surface area contributed by atoms with Crippen LogP contribution in [-0.2, 0) is 25.8 Å². The highest BCUT2D eigenvalue weighted by molar-refractivity contribution is 8.00. The zero-order valence-corrected chi connectivity index (χ0v) is 21.4. The number of carboxylic acid groups (broad SMARTS) is 2. The first kappa shape index (κ1) is 26.7. The van der Waals surface area contributed by atoms with Gasteiger partial charge in [-0.1, -0.05) is 11.2 Å². The van der Waals surface area contributed by atoms with Crippen LogP contribution in [0, 0.1) is 0 Å². The Hall–Kier alpha value is -4.31. The number of allylic oxidation sites excluding steroid dienone is 2. The van der Waals surface area contributed by atoms with Crippen molar-refractivity contribution >= 4 is 57.9 Å². The molecule has 198 valence electrons. The van der Waals surface area contributed by atoms with Crippen molar-refractivity contribution in [2.45, 2.75) is 24.9 Å². The molecule has 14 nitrogen and oxygen atoms in total. The monoisotopic (exact) mass is 560 g/mol. The van der Waals surface area contributed by atoms with Gasteiger partial charge in [0.15, 0.2) is 24.1 Å². The second kappa shape index (κ2) is 11.4. The van der Waals surface area contributed by atoms with Gasteiger partial charge in [0.1, 0.15) is 23.7 Å². The summed E-state index contributed by atoms with van der Waals surface area (Å²) in [6, 6.07) is 1.92. The Kier molecular flexibility index (Phi) is 8.02. The zero-order valence-electron chi connectivity index (χ0n) is 19.8. The summed E-state index contributed by atoms with van der Waals surface area (Å²) < 4.78 is 5.68. The number of oxime groups is 1. The van der Waals surface area contributed by atoms with Crippen LogP contribution in [0.5, 0.6) is 0 Å². The summed E-state index contributed by atoms with van der Waals surface area (Å²) in [7, 11) is 0. The van der Waals surface area contributed by atoms with E-state index in [1.54, 1.807) is 36.0 Å². The Bertz CT molecular complexity index is 1370. The number of nitrogens with one attached hydrogen (secondary N) is 1. The Morgan fingerprint density at radius 1 is 1.32 bits per heavy atom. The molecule has 16 heteroatoms. The molecular formula is C22H22N7O7S2+. The second-order valence-electron chi connectivity index (χ2n) is 7.84. The van der Waals surface area contributed by atoms with Crippen LogP contribution in [0.4, 0.5) is 5.13 Å². The van der Waals surface area contributed by atoms with Gasteiger partial charge in [-0.15, -0.1) is 11.8 Å². The molecule has 1 unspecified atom stereocenters. The molecule has 2 aromatic heterocycles. The Labute approximate surface area is 223 Å². The molecule has 0 aliphatic carbocycles. The van der Waals surface area contributed by atoms with Crippen molar-refractivity contribution in [1.82, 2.24) is 19.6 Å². The lowest BCUT2D eigenvalue weighted by atomic mass is 10.0. The third kappa shape index (κ3) is 5.50. The topological polar surface area (TPSA) is 201 Å². The molecular weight excluding hydrogens is 538 g/mol. The van der Waals surface area contributed by atoms with Gasteiger partial charge in [0.05, 0.1) is 5.56 Å². The summed E-state index contributed by atoms with van der Waals surface area (Å²) in [5, 5.41) is 24.7. The average Bonchev–Trinajstić information content (AvgIpc) is 3.32. The molecule has 2 aromatic rings. The smallest absolute Gasteiger partial charge is 0.352 e. The number of nitrogen functional groups attached to an aromatic ring is 1. The van der Waals surface area contributed by atoms with Gasteiger partial charge in [0.2, 0.25) is 11.5 Å². The van der Waals surface area contributed by atoms with Crippen molar-refractivity contribution in [3.05, 3.63) is 59.3 Å². The van der Waals surface area contributed by atoms with Gasteiger partial charge in [-0.25, -0.2) is 14.2 Å². The van der Waals surface area contributed by atoms with E-state index in [-0.39, 0.29) is 40.3 Å². The van der Waals surface area contributed by atoms with Gasteiger partial charge in [0, 0.05) is 29.4 Å². The van der Waals surface area contributed by atoms with E-state index in [4.69, 9.17) is 15.7 Å². The molecule has 4 heterocycles. The molecule has 0 bridgehead atoms. The number of thioether (sulfide) groups is 1. The number of rotatable bonds is 10. The van der Waals surface area contributed by atoms with Gasteiger partial charge >= 0.3 is 11.9 Å². The number of hydrogen-bond acceptors (Lipinski definition) is 11. The highest BCUT2D eigenvalue weighted by Gasteiger charge is 2.54. The summed E-state index contributed by atoms with van der Waals surface area (Å²) in [4.78, 5) is 59.0. The molecule has 38 heavy (non-hydrogen) atoms. The van der Waals surface area contributed by atoms with Gasteiger partial charge in [0.25, 0.3) is 11.8 Å². The maximum atomic E-state index is 13.0. The highest BCUT2D eigenvalue weighted by Crippen LogP contribution is 2.40. The van der Waals surface area contributed by atoms with Crippen LogP contribution in [0.1, 0.15) is 23.1 Å². The van der Waals surface area contributed by atoms with Crippen LogP contribution in [-0.4, -0.2) is 77.7 Å². The molecule has 5 N–H and O–H groups in total. The number of pyridine rings is 1. The SMILES string of the molecule is CCO/N=C(/C(=O)NC1C(=O)N2C(C(=O)O)=C(/C=C/C[n+]3ccc(C(=O)O)cc3)CS[C@H]12)c1nsc(N)n1. The number of aromatic nitrogens is 3. The standard InChI is InChI=1S/C22H21N7O7S2/c1-2-36-26-13(16-25-22(23)38-27-16)17(30)24-14-18(31)29-15(21(34)35)12(10-37-19(14)29)4-3-7-28-8-5-11(6-9-28)20(32)33/h3-6,8-9,14,19H,2,7,10H2,1H3,(H4-,23,24,25,27,30,32,33,34,35)/p+1/b4-3+,26-13+/t14?,19-/m1/s1. The van der Waals surface area contributed by atoms with Crippen LogP contribution >= 0.6 is 23.3 Å². The number of fused-ring (bicyclic) bond motifs is 1. The maximum Gasteiger partial charge on any atom is 0.352 e. The normalized spacial score (nSPS) is 19.2. The largest absolute Gasteiger partial charge is 0.478 e. The lowest BCUT2D eigenvalue weighted by Crippen LogP contribution is -2.71. The maximum absolute atomic E-state index is 13.0. The third-order valence-corrected chi connectivity index (χ3v) is 7.26. The fourth-order valence-electron chi connectivity index (χ4n) is 3.66. The van der Waals surface area contributed by atoms with Gasteiger partial charge in [-0.2, -0.15) is 9.36 Å². The van der Waals surface area contributed by atoms with E-state index >= 15 is 0 Å². The summed E-state index contributed by atoms with van der Waals surface area (Å²) in [6.07, 6.45) is 6.52. The molecule has 4 rings (SSSR count). The highest BCUT2D eigenvalue weighted by atomic mass is 32.2. The van der Waals surface area contributed by atoms with Crippen molar-refractivity contribution in [3.63, 3.8) is 0 Å². The number of hydrogen-bond donors (Lipinski definition) is 4. The van der Waals surface area contributed by atoms with Gasteiger partial charge in [-0.05, 0) is 18.6 Å². The number of anilines is 1. The van der Waals surface area contributed by atoms with Crippen molar-refractivity contribution in [2.24, 2.45) is 5.16 Å². The summed E-state index contributed by atoms with van der Waals surface area (Å²) >= 11 is 2.17. The van der Waals surface area contributed by atoms with Crippen molar-refractivity contribution in [3.8, 4) is 0 Å². The quantitative estimate of drug-likeness (QED) is 0.130. The van der Waals surface area contributed by atoms with Crippen LogP contribution in [0.25, 0.3) is 0 Å². The number of carbonyl (C=O) groups excluding carboxylic acids is 2. The number of aromatic carboxylic acids is 1. The molecule has 0 saturated carbocycles. The minimum Gasteiger partial charge on any atom is -0.478 e. The van der Waals surface area contributed by atoms with Crippen molar-refractivity contribution in [2.75, 3.05) is 18.1 Å². The summed E-state index contributed by atoms with van der Waals surface area (Å²) in [6.45, 7) is 2.21. The molecule has 0 aromatic carbocycles. The summed E-state index contributed by atoms with van der Waals surface area (Å²) in [5.74, 6) is -3.41. The van der Waals surface area contributed by atoms with Gasteiger partial charge in [-0.3, -0.25) is 14.5 Å². The number of carbonyl (C=O) groups is 4. The fraction of sp³-hybridized carbons (Fsp3) is 0.273. The third-order valence-electron chi connectivity index (χ3n) is 5.41. The van der Waals surface area contributed by atoms with E-state index in [2.05, 4.69) is 19.8 Å². The minimum absolute atomic E-state index is 0.0487. The first-order valence-corrected chi connectivity index (χ1v) is 12.9. The number of nitrogens with zero attached hydrogens (tertiary/aromatic N) is 5. The fourth-order valence-corrected chi connectivity index (χ4v) is 5.42. The van der Waals surface area contributed by atoms with E-state index in [0.717, 1.165) is 16.4 Å². The van der Waals surface area contributed by atoms with Crippen LogP contribution in [0.2, 0.25) is 0 Å². The number of nitrogens with two attached hydrogens (primary N) is 1. The van der Waals surface area contributed by atoms with E-state index < -0.39 is 35.2 Å². The Balaban J connectivity index is 1.47. The Morgan fingerprint density at radius 3 is 2.66 bits per heavy atom. The first-order valence-electron chi connectivity index (χ1n) is 11.1. The van der Waals surface area contributed by atoms with Crippen molar-refractivity contribution < 1.29 is 38.8 Å². The molecule has 2 atom stereocenters. The second-order valence-corrected chi connectivity index (χ2v) is 9.73. The van der Waals surface area contributed by atoms with E-state index in [0.29, 0.717) is 12.1 Å². The molecule has 1 fully saturated rings. The van der Waals surface area contributed by atoms with Crippen LogP contribution < -0.4 is 15.6 Å². The number of carboxylic acids is 2. The molecule has 0 spiro atoms. The molecule has 0 radical (unpaired) electrons. The van der Waals surface area contributed by atoms with Gasteiger partial charge < -0.3 is 26.1 Å². The number of β-lactam (4-membered cyclic amide) rings is 1. The lowest BCUT2D eigenvalue weighted by Gasteiger charge is -2.49. The molecule has 2 aliphatic heterocycles. The number of aliphatic carboxylic acids is 1. The predicted molar refractivity (Wildman–Crippen MR) is 135 cm³/mol. The predicted octanol–water partition coefficient (Wildman–Crippen LogP) is -0.158. The number of amides is 2. The van der Waals surface area contributed by atoms with Crippen LogP contribution in [0.3, 0.4) is 0 Å². The summed E-state index contributed by atoms with van der Waals surface area (Å²) in [5.41, 5.74) is 5.77. The first-order chi connectivity index (χ1) is 18.2.